The van der Waals surface area contributed by atoms with E-state index in [1.165, 1.54) is 24.9 Å². The molecule has 0 aromatic heterocycles. The van der Waals surface area contributed by atoms with Crippen LogP contribution < -0.4 is 4.74 Å². The second kappa shape index (κ2) is 11.7. The SMILES string of the molecule is CCC(CCCN1CCN(CCOc2ccccc2)CC1)c1ccc(C#N)c(C)c1. The van der Waals surface area contributed by atoms with Gasteiger partial charge in [-0.25, -0.2) is 0 Å². The molecular formula is C26H35N3O. The number of hydrogen-bond donors (Lipinski definition) is 0. The van der Waals surface area contributed by atoms with Gasteiger partial charge in [-0.2, -0.15) is 5.26 Å². The van der Waals surface area contributed by atoms with Gasteiger partial charge in [0.1, 0.15) is 12.4 Å². The Morgan fingerprint density at radius 2 is 1.70 bits per heavy atom. The van der Waals surface area contributed by atoms with E-state index in [1.807, 2.05) is 43.3 Å². The highest BCUT2D eigenvalue weighted by Crippen LogP contribution is 2.26. The first-order chi connectivity index (χ1) is 14.7. The van der Waals surface area contributed by atoms with Crippen molar-refractivity contribution in [3.05, 3.63) is 65.2 Å². The number of rotatable bonds is 10. The number of benzene rings is 2. The fraction of sp³-hybridized carbons (Fsp3) is 0.500. The molecule has 4 nitrogen and oxygen atoms in total. The molecule has 0 spiro atoms. The Labute approximate surface area is 182 Å². The summed E-state index contributed by atoms with van der Waals surface area (Å²) in [7, 11) is 0. The zero-order chi connectivity index (χ0) is 21.2. The Balaban J connectivity index is 1.34. The standard InChI is InChI=1S/C26H35N3O/c1-3-23(24-11-12-25(21-27)22(2)20-24)8-7-13-28-14-16-29(17-15-28)18-19-30-26-9-5-4-6-10-26/h4-6,9-12,20,23H,3,7-8,13-19H2,1-2H3. The van der Waals surface area contributed by atoms with Gasteiger partial charge in [0, 0.05) is 32.7 Å². The second-order valence-corrected chi connectivity index (χ2v) is 8.28. The minimum absolute atomic E-state index is 0.591. The summed E-state index contributed by atoms with van der Waals surface area (Å²) in [5, 5.41) is 9.14. The zero-order valence-electron chi connectivity index (χ0n) is 18.5. The van der Waals surface area contributed by atoms with E-state index in [1.54, 1.807) is 0 Å². The Morgan fingerprint density at radius 3 is 2.33 bits per heavy atom. The largest absolute Gasteiger partial charge is 0.492 e. The first kappa shape index (κ1) is 22.3. The van der Waals surface area contributed by atoms with E-state index in [-0.39, 0.29) is 0 Å². The number of nitriles is 1. The molecule has 30 heavy (non-hydrogen) atoms. The van der Waals surface area contributed by atoms with E-state index < -0.39 is 0 Å². The lowest BCUT2D eigenvalue weighted by atomic mass is 9.90. The van der Waals surface area contributed by atoms with Crippen LogP contribution in [0, 0.1) is 18.3 Å². The van der Waals surface area contributed by atoms with Crippen molar-refractivity contribution in [2.24, 2.45) is 0 Å². The molecule has 3 rings (SSSR count). The van der Waals surface area contributed by atoms with E-state index in [0.717, 1.165) is 62.6 Å². The average Bonchev–Trinajstić information content (AvgIpc) is 2.78. The van der Waals surface area contributed by atoms with Gasteiger partial charge in [-0.05, 0) is 68.0 Å². The molecule has 0 aliphatic carbocycles. The molecule has 2 aromatic carbocycles. The van der Waals surface area contributed by atoms with Crippen molar-refractivity contribution in [3.8, 4) is 11.8 Å². The second-order valence-electron chi connectivity index (χ2n) is 8.28. The molecule has 1 fully saturated rings. The molecule has 1 aliphatic heterocycles. The lowest BCUT2D eigenvalue weighted by Gasteiger charge is -2.34. The third kappa shape index (κ3) is 6.58. The van der Waals surface area contributed by atoms with Crippen LogP contribution in [0.15, 0.2) is 48.5 Å². The third-order valence-electron chi connectivity index (χ3n) is 6.25. The number of piperazine rings is 1. The molecule has 0 radical (unpaired) electrons. The normalized spacial score (nSPS) is 16.2. The van der Waals surface area contributed by atoms with Crippen molar-refractivity contribution in [1.29, 1.82) is 5.26 Å². The first-order valence-electron chi connectivity index (χ1n) is 11.3. The topological polar surface area (TPSA) is 39.5 Å². The number of ether oxygens (including phenoxy) is 1. The van der Waals surface area contributed by atoms with Crippen LogP contribution in [0.25, 0.3) is 0 Å². The highest BCUT2D eigenvalue weighted by Gasteiger charge is 2.17. The summed E-state index contributed by atoms with van der Waals surface area (Å²) in [6.07, 6.45) is 3.60. The maximum atomic E-state index is 9.14. The van der Waals surface area contributed by atoms with E-state index in [0.29, 0.717) is 5.92 Å². The van der Waals surface area contributed by atoms with Crippen molar-refractivity contribution in [1.82, 2.24) is 9.80 Å². The van der Waals surface area contributed by atoms with Gasteiger partial charge in [0.15, 0.2) is 0 Å². The smallest absolute Gasteiger partial charge is 0.119 e. The Hall–Kier alpha value is -2.35. The van der Waals surface area contributed by atoms with Gasteiger partial charge in [0.05, 0.1) is 11.6 Å². The van der Waals surface area contributed by atoms with E-state index in [4.69, 9.17) is 10.00 Å². The maximum absolute atomic E-state index is 9.14. The van der Waals surface area contributed by atoms with Crippen molar-refractivity contribution in [3.63, 3.8) is 0 Å². The zero-order valence-corrected chi connectivity index (χ0v) is 18.5. The fourth-order valence-corrected chi connectivity index (χ4v) is 4.28. The predicted molar refractivity (Wildman–Crippen MR) is 123 cm³/mol. The highest BCUT2D eigenvalue weighted by molar-refractivity contribution is 5.40. The molecule has 0 saturated carbocycles. The molecule has 160 valence electrons. The van der Waals surface area contributed by atoms with E-state index >= 15 is 0 Å². The summed E-state index contributed by atoms with van der Waals surface area (Å²) >= 11 is 0. The average molecular weight is 406 g/mol. The Morgan fingerprint density at radius 1 is 1.00 bits per heavy atom. The van der Waals surface area contributed by atoms with Crippen LogP contribution in [-0.4, -0.2) is 55.7 Å². The summed E-state index contributed by atoms with van der Waals surface area (Å²) in [5.74, 6) is 1.55. The van der Waals surface area contributed by atoms with Crippen molar-refractivity contribution >= 4 is 0 Å². The van der Waals surface area contributed by atoms with Gasteiger partial charge in [-0.1, -0.05) is 37.3 Å². The number of aryl methyl sites for hydroxylation is 1. The fourth-order valence-electron chi connectivity index (χ4n) is 4.28. The van der Waals surface area contributed by atoms with E-state index in [2.05, 4.69) is 34.9 Å². The maximum Gasteiger partial charge on any atom is 0.119 e. The van der Waals surface area contributed by atoms with Crippen LogP contribution in [0.5, 0.6) is 5.75 Å². The highest BCUT2D eigenvalue weighted by atomic mass is 16.5. The first-order valence-corrected chi connectivity index (χ1v) is 11.3. The molecule has 1 aliphatic rings. The lowest BCUT2D eigenvalue weighted by Crippen LogP contribution is -2.47. The van der Waals surface area contributed by atoms with Crippen LogP contribution in [0.3, 0.4) is 0 Å². The van der Waals surface area contributed by atoms with Crippen LogP contribution in [0.1, 0.15) is 48.8 Å². The molecule has 0 N–H and O–H groups in total. The molecule has 1 unspecified atom stereocenters. The molecular weight excluding hydrogens is 370 g/mol. The predicted octanol–water partition coefficient (Wildman–Crippen LogP) is 4.84. The molecule has 0 bridgehead atoms. The number of para-hydroxylation sites is 1. The van der Waals surface area contributed by atoms with Crippen LogP contribution in [0.4, 0.5) is 0 Å². The minimum atomic E-state index is 0.591. The quantitative estimate of drug-likeness (QED) is 0.567. The summed E-state index contributed by atoms with van der Waals surface area (Å²) in [5.41, 5.74) is 3.28. The van der Waals surface area contributed by atoms with Gasteiger partial charge < -0.3 is 9.64 Å². The minimum Gasteiger partial charge on any atom is -0.492 e. The molecule has 4 heteroatoms. The van der Waals surface area contributed by atoms with Gasteiger partial charge in [0.2, 0.25) is 0 Å². The van der Waals surface area contributed by atoms with Gasteiger partial charge in [-0.3, -0.25) is 4.90 Å². The van der Waals surface area contributed by atoms with Crippen LogP contribution in [-0.2, 0) is 0 Å². The van der Waals surface area contributed by atoms with Crippen molar-refractivity contribution < 1.29 is 4.74 Å². The summed E-state index contributed by atoms with van der Waals surface area (Å²) in [4.78, 5) is 5.11. The van der Waals surface area contributed by atoms with E-state index in [9.17, 15) is 0 Å². The summed E-state index contributed by atoms with van der Waals surface area (Å²) in [6, 6.07) is 18.7. The summed E-state index contributed by atoms with van der Waals surface area (Å²) < 4.78 is 5.83. The molecule has 1 saturated heterocycles. The molecule has 0 amide bonds. The van der Waals surface area contributed by atoms with Gasteiger partial charge in [-0.15, -0.1) is 0 Å². The van der Waals surface area contributed by atoms with Crippen molar-refractivity contribution in [2.75, 3.05) is 45.9 Å². The van der Waals surface area contributed by atoms with Crippen LogP contribution in [0.2, 0.25) is 0 Å². The van der Waals surface area contributed by atoms with Crippen LogP contribution >= 0.6 is 0 Å². The number of nitrogens with zero attached hydrogens (tertiary/aromatic N) is 3. The Kier molecular flexibility index (Phi) is 8.74. The number of hydrogen-bond acceptors (Lipinski definition) is 4. The van der Waals surface area contributed by atoms with Gasteiger partial charge in [0.25, 0.3) is 0 Å². The van der Waals surface area contributed by atoms with Crippen molar-refractivity contribution in [2.45, 2.75) is 39.0 Å². The monoisotopic (exact) mass is 405 g/mol. The molecule has 2 aromatic rings. The summed E-state index contributed by atoms with van der Waals surface area (Å²) in [6.45, 7) is 11.8. The Bertz CT molecular complexity index is 807. The molecule has 1 atom stereocenters. The molecule has 1 heterocycles. The third-order valence-corrected chi connectivity index (χ3v) is 6.25. The lowest BCUT2D eigenvalue weighted by molar-refractivity contribution is 0.115. The van der Waals surface area contributed by atoms with Gasteiger partial charge >= 0.3 is 0 Å².